The molecule has 0 spiro atoms. The molecule has 0 aliphatic heterocycles. The summed E-state index contributed by atoms with van der Waals surface area (Å²) in [5.41, 5.74) is 0.392. The Hall–Kier alpha value is -2.44. The Bertz CT molecular complexity index is 719. The van der Waals surface area contributed by atoms with E-state index in [0.29, 0.717) is 30.9 Å². The molecule has 124 valence electrons. The average molecular weight is 320 g/mol. The molecule has 0 saturated carbocycles. The number of carbonyl (C=O) groups excluding carboxylic acids is 1. The van der Waals surface area contributed by atoms with Gasteiger partial charge in [-0.05, 0) is 30.7 Å². The monoisotopic (exact) mass is 320 g/mol. The zero-order chi connectivity index (χ0) is 16.8. The van der Waals surface area contributed by atoms with Gasteiger partial charge in [0.2, 0.25) is 5.91 Å². The SMILES string of the molecule is CCCCC(=O)NCCn1nc(-c2ccc(F)cc2)n(C)c1=O. The summed E-state index contributed by atoms with van der Waals surface area (Å²) in [4.78, 5) is 23.7. The second kappa shape index (κ2) is 7.71. The summed E-state index contributed by atoms with van der Waals surface area (Å²) in [6, 6.07) is 5.81. The summed E-state index contributed by atoms with van der Waals surface area (Å²) in [7, 11) is 1.62. The summed E-state index contributed by atoms with van der Waals surface area (Å²) in [5, 5.41) is 7.03. The van der Waals surface area contributed by atoms with Crippen LogP contribution in [0.5, 0.6) is 0 Å². The van der Waals surface area contributed by atoms with Gasteiger partial charge in [0, 0.05) is 25.6 Å². The third-order valence-electron chi connectivity index (χ3n) is 3.55. The summed E-state index contributed by atoms with van der Waals surface area (Å²) >= 11 is 0. The molecule has 23 heavy (non-hydrogen) atoms. The Morgan fingerprint density at radius 1 is 1.30 bits per heavy atom. The Labute approximate surface area is 133 Å². The first-order valence-electron chi connectivity index (χ1n) is 7.69. The minimum absolute atomic E-state index is 0.0189. The van der Waals surface area contributed by atoms with Gasteiger partial charge in [-0.2, -0.15) is 0 Å². The van der Waals surface area contributed by atoms with Crippen LogP contribution in [0.3, 0.4) is 0 Å². The van der Waals surface area contributed by atoms with Crippen LogP contribution in [0.2, 0.25) is 0 Å². The van der Waals surface area contributed by atoms with Crippen molar-refractivity contribution in [2.75, 3.05) is 6.54 Å². The number of nitrogens with zero attached hydrogens (tertiary/aromatic N) is 3. The second-order valence-electron chi connectivity index (χ2n) is 5.35. The molecule has 0 fully saturated rings. The lowest BCUT2D eigenvalue weighted by Gasteiger charge is -2.03. The first-order chi connectivity index (χ1) is 11.0. The van der Waals surface area contributed by atoms with E-state index in [1.807, 2.05) is 6.92 Å². The molecule has 1 N–H and O–H groups in total. The van der Waals surface area contributed by atoms with Crippen LogP contribution in [-0.4, -0.2) is 26.8 Å². The van der Waals surface area contributed by atoms with Crippen molar-refractivity contribution >= 4 is 5.91 Å². The Morgan fingerprint density at radius 3 is 2.65 bits per heavy atom. The van der Waals surface area contributed by atoms with E-state index in [9.17, 15) is 14.0 Å². The van der Waals surface area contributed by atoms with Crippen molar-refractivity contribution in [1.82, 2.24) is 19.7 Å². The molecule has 0 aliphatic rings. The fourth-order valence-electron chi connectivity index (χ4n) is 2.21. The number of halogens is 1. The molecule has 0 aliphatic carbocycles. The second-order valence-corrected chi connectivity index (χ2v) is 5.35. The number of hydrogen-bond donors (Lipinski definition) is 1. The lowest BCUT2D eigenvalue weighted by Crippen LogP contribution is -2.31. The summed E-state index contributed by atoms with van der Waals surface area (Å²) in [5.74, 6) is 0.106. The molecule has 0 bridgehead atoms. The zero-order valence-electron chi connectivity index (χ0n) is 13.4. The van der Waals surface area contributed by atoms with Crippen LogP contribution in [0.15, 0.2) is 29.1 Å². The van der Waals surface area contributed by atoms with Crippen molar-refractivity contribution in [3.8, 4) is 11.4 Å². The highest BCUT2D eigenvalue weighted by molar-refractivity contribution is 5.75. The quantitative estimate of drug-likeness (QED) is 0.844. The van der Waals surface area contributed by atoms with Crippen LogP contribution in [0.25, 0.3) is 11.4 Å². The van der Waals surface area contributed by atoms with Crippen LogP contribution in [-0.2, 0) is 18.4 Å². The van der Waals surface area contributed by atoms with E-state index in [1.54, 1.807) is 19.2 Å². The first-order valence-corrected chi connectivity index (χ1v) is 7.69. The maximum atomic E-state index is 13.0. The summed E-state index contributed by atoms with van der Waals surface area (Å²) in [6.45, 7) is 2.67. The molecule has 6 nitrogen and oxygen atoms in total. The molecular formula is C16H21FN4O2. The molecule has 2 rings (SSSR count). The highest BCUT2D eigenvalue weighted by atomic mass is 19.1. The molecule has 0 atom stereocenters. The van der Waals surface area contributed by atoms with E-state index in [1.165, 1.54) is 21.4 Å². The summed E-state index contributed by atoms with van der Waals surface area (Å²) in [6.07, 6.45) is 2.31. The molecule has 7 heteroatoms. The fourth-order valence-corrected chi connectivity index (χ4v) is 2.21. The third kappa shape index (κ3) is 4.28. The van der Waals surface area contributed by atoms with Gasteiger partial charge in [0.1, 0.15) is 5.82 Å². The molecular weight excluding hydrogens is 299 g/mol. The van der Waals surface area contributed by atoms with Crippen molar-refractivity contribution in [3.63, 3.8) is 0 Å². The van der Waals surface area contributed by atoms with E-state index in [0.717, 1.165) is 12.8 Å². The molecule has 0 radical (unpaired) electrons. The number of benzene rings is 1. The van der Waals surface area contributed by atoms with Crippen molar-refractivity contribution < 1.29 is 9.18 Å². The van der Waals surface area contributed by atoms with Gasteiger partial charge in [0.05, 0.1) is 6.54 Å². The topological polar surface area (TPSA) is 68.9 Å². The molecule has 0 unspecified atom stereocenters. The van der Waals surface area contributed by atoms with Gasteiger partial charge in [0.25, 0.3) is 0 Å². The third-order valence-corrected chi connectivity index (χ3v) is 3.55. The standard InChI is InChI=1S/C16H21FN4O2/c1-3-4-5-14(22)18-10-11-21-16(23)20(2)15(19-21)12-6-8-13(17)9-7-12/h6-9H,3-5,10-11H2,1-2H3,(H,18,22). The largest absolute Gasteiger partial charge is 0.354 e. The van der Waals surface area contributed by atoms with E-state index in [2.05, 4.69) is 10.4 Å². The number of carbonyl (C=O) groups is 1. The lowest BCUT2D eigenvalue weighted by molar-refractivity contribution is -0.121. The van der Waals surface area contributed by atoms with Crippen LogP contribution in [0.4, 0.5) is 4.39 Å². The van der Waals surface area contributed by atoms with Crippen molar-refractivity contribution in [2.45, 2.75) is 32.7 Å². The van der Waals surface area contributed by atoms with Gasteiger partial charge in [-0.1, -0.05) is 13.3 Å². The molecule has 2 aromatic rings. The molecule has 1 aromatic carbocycles. The predicted octanol–water partition coefficient (Wildman–Crippen LogP) is 1.69. The van der Waals surface area contributed by atoms with Crippen molar-refractivity contribution in [1.29, 1.82) is 0 Å². The number of rotatable bonds is 7. The fraction of sp³-hybridized carbons (Fsp3) is 0.438. The van der Waals surface area contributed by atoms with Crippen LogP contribution in [0, 0.1) is 5.82 Å². The van der Waals surface area contributed by atoms with Crippen molar-refractivity contribution in [2.24, 2.45) is 7.05 Å². The number of unbranched alkanes of at least 4 members (excludes halogenated alkanes) is 1. The highest BCUT2D eigenvalue weighted by Crippen LogP contribution is 2.15. The molecule has 1 aromatic heterocycles. The zero-order valence-corrected chi connectivity index (χ0v) is 13.4. The molecule has 1 heterocycles. The lowest BCUT2D eigenvalue weighted by atomic mass is 10.2. The van der Waals surface area contributed by atoms with E-state index in [-0.39, 0.29) is 17.4 Å². The normalized spacial score (nSPS) is 10.7. The van der Waals surface area contributed by atoms with Gasteiger partial charge >= 0.3 is 5.69 Å². The minimum atomic E-state index is -0.340. The summed E-state index contributed by atoms with van der Waals surface area (Å²) < 4.78 is 15.7. The van der Waals surface area contributed by atoms with Crippen LogP contribution < -0.4 is 11.0 Å². The Kier molecular flexibility index (Phi) is 5.67. The van der Waals surface area contributed by atoms with Gasteiger partial charge in [-0.25, -0.2) is 13.9 Å². The molecule has 1 amide bonds. The maximum absolute atomic E-state index is 13.0. The number of aromatic nitrogens is 3. The number of hydrogen-bond acceptors (Lipinski definition) is 3. The van der Waals surface area contributed by atoms with Gasteiger partial charge in [-0.15, -0.1) is 5.10 Å². The predicted molar refractivity (Wildman–Crippen MR) is 85.4 cm³/mol. The maximum Gasteiger partial charge on any atom is 0.345 e. The van der Waals surface area contributed by atoms with Gasteiger partial charge in [0.15, 0.2) is 5.82 Å². The van der Waals surface area contributed by atoms with Crippen molar-refractivity contribution in [3.05, 3.63) is 40.6 Å². The number of amides is 1. The van der Waals surface area contributed by atoms with Crippen LogP contribution >= 0.6 is 0 Å². The van der Waals surface area contributed by atoms with Gasteiger partial charge in [-0.3, -0.25) is 9.36 Å². The highest BCUT2D eigenvalue weighted by Gasteiger charge is 2.12. The first kappa shape index (κ1) is 16.9. The van der Waals surface area contributed by atoms with E-state index >= 15 is 0 Å². The van der Waals surface area contributed by atoms with E-state index < -0.39 is 0 Å². The number of nitrogens with one attached hydrogen (secondary N) is 1. The smallest absolute Gasteiger partial charge is 0.345 e. The van der Waals surface area contributed by atoms with E-state index in [4.69, 9.17) is 0 Å². The Morgan fingerprint density at radius 2 is 2.00 bits per heavy atom. The van der Waals surface area contributed by atoms with Crippen LogP contribution in [0.1, 0.15) is 26.2 Å². The molecule has 0 saturated heterocycles. The minimum Gasteiger partial charge on any atom is -0.354 e. The Balaban J connectivity index is 2.04. The average Bonchev–Trinajstić information content (AvgIpc) is 2.82. The van der Waals surface area contributed by atoms with Gasteiger partial charge < -0.3 is 5.32 Å².